The summed E-state index contributed by atoms with van der Waals surface area (Å²) in [4.78, 5) is 40.4. The molecule has 0 saturated carbocycles. The van der Waals surface area contributed by atoms with Gasteiger partial charge in [-0.05, 0) is 0 Å². The molecule has 0 spiro atoms. The smallest absolute Gasteiger partial charge is 0.368 e. The van der Waals surface area contributed by atoms with E-state index in [1.54, 1.807) is 0 Å². The van der Waals surface area contributed by atoms with Crippen LogP contribution in [-0.4, -0.2) is 72.8 Å². The number of carbonyl (C=O) groups is 2. The molecule has 8 nitrogen and oxygen atoms in total. The summed E-state index contributed by atoms with van der Waals surface area (Å²) in [7, 11) is -5.19. The van der Waals surface area contributed by atoms with Gasteiger partial charge in [-0.2, -0.15) is 0 Å². The minimum Gasteiger partial charge on any atom is -1.00 e. The second-order valence-electron chi connectivity index (χ2n) is 5.70. The van der Waals surface area contributed by atoms with Gasteiger partial charge in [0.25, 0.3) is 5.34 Å². The zero-order valence-electron chi connectivity index (χ0n) is 12.9. The van der Waals surface area contributed by atoms with Gasteiger partial charge >= 0.3 is 13.6 Å². The Balaban J connectivity index is 0.00000484. The minimum atomic E-state index is -5.19. The molecule has 11 heteroatoms. The monoisotopic (exact) mass is 435 g/mol. The zero-order chi connectivity index (χ0) is 17.0. The minimum absolute atomic E-state index is 0. The van der Waals surface area contributed by atoms with E-state index in [0.29, 0.717) is 16.8 Å². The topological polar surface area (TPSA) is 132 Å². The van der Waals surface area contributed by atoms with E-state index in [1.807, 2.05) is 0 Å². The van der Waals surface area contributed by atoms with Crippen LogP contribution in [0.15, 0.2) is 0 Å². The highest BCUT2D eigenvalue weighted by atomic mass is 79.9. The van der Waals surface area contributed by atoms with Gasteiger partial charge in [-0.25, -0.2) is 4.79 Å². The second-order valence-corrected chi connectivity index (χ2v) is 8.80. The maximum Gasteiger partial charge on any atom is 0.368 e. The first kappa shape index (κ1) is 23.0. The van der Waals surface area contributed by atoms with Crippen molar-refractivity contribution in [3.05, 3.63) is 0 Å². The molecule has 0 amide bonds. The standard InChI is InChI=1S/C12H22NO7PS.BrH/c1-10(14)22-9-8-13(5-2-3-6-13)7-4-12(17,11(15)16)21(18,19)20;/h17H,2-9H2,1H3,(H2-,15,16,18,19,20);1H. The van der Waals surface area contributed by atoms with Gasteiger partial charge in [0.15, 0.2) is 5.12 Å². The number of quaternary nitrogens is 1. The average Bonchev–Trinajstić information content (AvgIpc) is 2.83. The highest BCUT2D eigenvalue weighted by molar-refractivity contribution is 8.13. The van der Waals surface area contributed by atoms with Gasteiger partial charge in [0.2, 0.25) is 0 Å². The Morgan fingerprint density at radius 2 is 1.74 bits per heavy atom. The lowest BCUT2D eigenvalue weighted by Crippen LogP contribution is -3.00. The summed E-state index contributed by atoms with van der Waals surface area (Å²) in [5, 5.41) is 15.8. The molecule has 0 bridgehead atoms. The Labute approximate surface area is 149 Å². The fourth-order valence-electron chi connectivity index (χ4n) is 2.72. The van der Waals surface area contributed by atoms with Crippen molar-refractivity contribution in [1.29, 1.82) is 0 Å². The van der Waals surface area contributed by atoms with Crippen molar-refractivity contribution in [2.24, 2.45) is 0 Å². The second kappa shape index (κ2) is 8.94. The van der Waals surface area contributed by atoms with Crippen molar-refractivity contribution < 1.29 is 55.6 Å². The van der Waals surface area contributed by atoms with Crippen LogP contribution in [-0.2, 0) is 14.2 Å². The molecule has 136 valence electrons. The van der Waals surface area contributed by atoms with Crippen LogP contribution < -0.4 is 17.0 Å². The number of carboxylic acid groups (broad SMARTS) is 1. The summed E-state index contributed by atoms with van der Waals surface area (Å²) in [6.07, 6.45) is 1.36. The molecule has 1 heterocycles. The molecular weight excluding hydrogens is 413 g/mol. The Kier molecular flexibility index (Phi) is 8.95. The third-order valence-corrected chi connectivity index (χ3v) is 6.32. The van der Waals surface area contributed by atoms with Crippen LogP contribution in [0.3, 0.4) is 0 Å². The third-order valence-electron chi connectivity index (χ3n) is 4.15. The first-order chi connectivity index (χ1) is 10.0. The van der Waals surface area contributed by atoms with E-state index in [9.17, 15) is 19.3 Å². The van der Waals surface area contributed by atoms with Gasteiger partial charge in [0, 0.05) is 26.2 Å². The number of thioether (sulfide) groups is 1. The van der Waals surface area contributed by atoms with Crippen molar-refractivity contribution in [2.75, 3.05) is 31.9 Å². The number of hydrogen-bond donors (Lipinski definition) is 4. The zero-order valence-corrected chi connectivity index (χ0v) is 16.1. The number of likely N-dealkylation sites (tertiary alicyclic amines) is 1. The van der Waals surface area contributed by atoms with Crippen molar-refractivity contribution in [3.63, 3.8) is 0 Å². The molecule has 0 aliphatic carbocycles. The van der Waals surface area contributed by atoms with E-state index in [4.69, 9.17) is 14.9 Å². The molecular formula is C12H23BrNO7PS. The molecule has 1 unspecified atom stereocenters. The number of rotatable bonds is 8. The van der Waals surface area contributed by atoms with E-state index >= 15 is 0 Å². The SMILES string of the molecule is CC(=O)SCC[N+]1(CCC(O)(C(=O)O)P(=O)(O)O)CCCC1.[Br-]. The Morgan fingerprint density at radius 3 is 2.13 bits per heavy atom. The lowest BCUT2D eigenvalue weighted by Gasteiger charge is -2.36. The molecule has 1 aliphatic heterocycles. The molecule has 1 aliphatic rings. The molecule has 0 aromatic carbocycles. The summed E-state index contributed by atoms with van der Waals surface area (Å²) < 4.78 is 11.8. The van der Waals surface area contributed by atoms with Gasteiger partial charge in [0.05, 0.1) is 31.9 Å². The molecule has 0 radical (unpaired) electrons. The number of hydrogen-bond acceptors (Lipinski definition) is 5. The predicted octanol–water partition coefficient (Wildman–Crippen LogP) is -2.78. The highest BCUT2D eigenvalue weighted by Gasteiger charge is 2.54. The van der Waals surface area contributed by atoms with Crippen LogP contribution in [0.5, 0.6) is 0 Å². The molecule has 1 rings (SSSR count). The van der Waals surface area contributed by atoms with Gasteiger partial charge < -0.3 is 41.5 Å². The van der Waals surface area contributed by atoms with E-state index in [0.717, 1.165) is 25.9 Å². The third kappa shape index (κ3) is 6.12. The quantitative estimate of drug-likeness (QED) is 0.238. The molecule has 0 aromatic heterocycles. The maximum atomic E-state index is 11.3. The first-order valence-corrected chi connectivity index (χ1v) is 9.62. The number of halogens is 1. The fourth-order valence-corrected chi connectivity index (χ4v) is 4.13. The maximum absolute atomic E-state index is 11.3. The van der Waals surface area contributed by atoms with E-state index < -0.39 is 25.3 Å². The number of aliphatic hydroxyl groups is 1. The number of nitrogens with zero attached hydrogens (tertiary/aromatic N) is 1. The number of carboxylic acids is 1. The van der Waals surface area contributed by atoms with Gasteiger partial charge in [0.1, 0.15) is 0 Å². The van der Waals surface area contributed by atoms with Crippen molar-refractivity contribution in [2.45, 2.75) is 31.5 Å². The highest BCUT2D eigenvalue weighted by Crippen LogP contribution is 2.51. The van der Waals surface area contributed by atoms with E-state index in [1.165, 1.54) is 18.7 Å². The Morgan fingerprint density at radius 1 is 1.22 bits per heavy atom. The summed E-state index contributed by atoms with van der Waals surface area (Å²) in [5.74, 6) is -1.34. The summed E-state index contributed by atoms with van der Waals surface area (Å²) in [6.45, 7) is 3.76. The van der Waals surface area contributed by atoms with Gasteiger partial charge in [-0.1, -0.05) is 11.8 Å². The Hall–Kier alpha value is 0.0400. The number of carbonyl (C=O) groups excluding carboxylic acids is 1. The van der Waals surface area contributed by atoms with Crippen LogP contribution in [0.2, 0.25) is 0 Å². The molecule has 1 saturated heterocycles. The largest absolute Gasteiger partial charge is 1.00 e. The van der Waals surface area contributed by atoms with Crippen LogP contribution in [0, 0.1) is 0 Å². The predicted molar refractivity (Wildman–Crippen MR) is 81.3 cm³/mol. The van der Waals surface area contributed by atoms with Crippen molar-refractivity contribution in [1.82, 2.24) is 0 Å². The molecule has 23 heavy (non-hydrogen) atoms. The van der Waals surface area contributed by atoms with Gasteiger partial charge in [-0.3, -0.25) is 9.36 Å². The normalized spacial score (nSPS) is 19.7. The average molecular weight is 436 g/mol. The fraction of sp³-hybridized carbons (Fsp3) is 0.833. The summed E-state index contributed by atoms with van der Waals surface area (Å²) >= 11 is 1.17. The number of aliphatic carboxylic acids is 1. The first-order valence-electron chi connectivity index (χ1n) is 7.02. The summed E-state index contributed by atoms with van der Waals surface area (Å²) in [6, 6.07) is 0. The lowest BCUT2D eigenvalue weighted by atomic mass is 10.2. The van der Waals surface area contributed by atoms with Crippen LogP contribution in [0.4, 0.5) is 0 Å². The van der Waals surface area contributed by atoms with E-state index in [-0.39, 0.29) is 28.6 Å². The molecule has 0 aromatic rings. The van der Waals surface area contributed by atoms with E-state index in [2.05, 4.69) is 0 Å². The molecule has 4 N–H and O–H groups in total. The van der Waals surface area contributed by atoms with Crippen molar-refractivity contribution >= 4 is 30.4 Å². The van der Waals surface area contributed by atoms with Crippen LogP contribution >= 0.6 is 19.4 Å². The molecule has 1 fully saturated rings. The Bertz CT molecular complexity index is 480. The lowest BCUT2D eigenvalue weighted by molar-refractivity contribution is -0.914. The summed E-state index contributed by atoms with van der Waals surface area (Å²) in [5.41, 5.74) is 0. The van der Waals surface area contributed by atoms with Crippen LogP contribution in [0.1, 0.15) is 26.2 Å². The van der Waals surface area contributed by atoms with Crippen LogP contribution in [0.25, 0.3) is 0 Å². The van der Waals surface area contributed by atoms with Gasteiger partial charge in [-0.15, -0.1) is 0 Å². The van der Waals surface area contributed by atoms with Crippen molar-refractivity contribution in [3.8, 4) is 0 Å². The molecule has 1 atom stereocenters.